The number of hydrogen-bond acceptors (Lipinski definition) is 8. The number of nitro benzene ring substituents is 1. The fourth-order valence-electron chi connectivity index (χ4n) is 4.59. The Balaban J connectivity index is 1.81. The number of fused-ring (bicyclic) bond motifs is 1. The van der Waals surface area contributed by atoms with E-state index in [-0.39, 0.29) is 22.9 Å². The predicted octanol–water partition coefficient (Wildman–Crippen LogP) is 4.20. The lowest BCUT2D eigenvalue weighted by Crippen LogP contribution is -2.36. The van der Waals surface area contributed by atoms with Crippen molar-refractivity contribution < 1.29 is 19.2 Å². The summed E-state index contributed by atoms with van der Waals surface area (Å²) in [5.41, 5.74) is 1.31. The number of carbonyl (C=O) groups excluding carboxylic acids is 2. The van der Waals surface area contributed by atoms with Gasteiger partial charge in [0, 0.05) is 46.9 Å². The summed E-state index contributed by atoms with van der Waals surface area (Å²) in [7, 11) is 0. The Kier molecular flexibility index (Phi) is 6.56. The van der Waals surface area contributed by atoms with E-state index in [0.29, 0.717) is 65.1 Å². The molecule has 3 aromatic carbocycles. The van der Waals surface area contributed by atoms with Crippen molar-refractivity contribution in [1.82, 2.24) is 9.78 Å². The van der Waals surface area contributed by atoms with Crippen LogP contribution in [0.1, 0.15) is 34.6 Å². The Morgan fingerprint density at radius 1 is 0.921 bits per heavy atom. The monoisotopic (exact) mass is 512 g/mol. The molecule has 1 aliphatic heterocycles. The summed E-state index contributed by atoms with van der Waals surface area (Å²) in [5, 5.41) is 17.4. The highest BCUT2D eigenvalue weighted by molar-refractivity contribution is 6.03. The van der Waals surface area contributed by atoms with Crippen molar-refractivity contribution in [3.63, 3.8) is 0 Å². The van der Waals surface area contributed by atoms with Gasteiger partial charge in [0.1, 0.15) is 5.69 Å². The smallest absolute Gasteiger partial charge is 0.295 e. The highest BCUT2D eigenvalue weighted by atomic mass is 16.6. The summed E-state index contributed by atoms with van der Waals surface area (Å²) in [6.07, 6.45) is 0. The molecule has 4 aromatic rings. The molecule has 0 atom stereocenters. The zero-order valence-corrected chi connectivity index (χ0v) is 20.8. The van der Waals surface area contributed by atoms with Gasteiger partial charge in [-0.05, 0) is 50.2 Å². The Morgan fingerprint density at radius 3 is 2.16 bits per heavy atom. The van der Waals surface area contributed by atoms with Gasteiger partial charge in [-0.3, -0.25) is 24.5 Å². The van der Waals surface area contributed by atoms with Gasteiger partial charge in [0.2, 0.25) is 0 Å². The Hall–Kier alpha value is -4.70. The summed E-state index contributed by atoms with van der Waals surface area (Å²) in [5.74, 6) is -0.471. The van der Waals surface area contributed by atoms with Gasteiger partial charge in [0.05, 0.1) is 29.2 Å². The molecule has 10 nitrogen and oxygen atoms in total. The van der Waals surface area contributed by atoms with Gasteiger partial charge in [0.15, 0.2) is 11.6 Å². The maximum atomic E-state index is 13.7. The first-order chi connectivity index (χ1) is 18.2. The number of morpholine rings is 1. The number of nitrogens with zero attached hydrogens (tertiary/aromatic N) is 4. The second-order valence-corrected chi connectivity index (χ2v) is 9.05. The van der Waals surface area contributed by atoms with E-state index >= 15 is 0 Å². The number of hydrogen-bond donors (Lipinski definition) is 0. The number of carbonyl (C=O) groups is 2. The molecule has 0 amide bonds. The fourth-order valence-corrected chi connectivity index (χ4v) is 4.59. The van der Waals surface area contributed by atoms with Gasteiger partial charge in [-0.25, -0.2) is 0 Å². The van der Waals surface area contributed by atoms with E-state index in [4.69, 9.17) is 4.74 Å². The standard InChI is InChI=1S/C28H24N4O6/c1-17(33)19-13-20(18(2)34)15-21(14-19)27-23-5-3-4-6-24(23)28(35)31(29-27)26-16-22(7-8-25(26)32(36)37)30-9-11-38-12-10-30/h3-8,13-16H,9-12H2,1-2H3. The molecule has 0 spiro atoms. The van der Waals surface area contributed by atoms with Crippen LogP contribution in [0.5, 0.6) is 0 Å². The lowest BCUT2D eigenvalue weighted by Gasteiger charge is -2.29. The van der Waals surface area contributed by atoms with Crippen LogP contribution in [-0.2, 0) is 4.74 Å². The maximum absolute atomic E-state index is 13.7. The summed E-state index contributed by atoms with van der Waals surface area (Å²) in [4.78, 5) is 51.6. The summed E-state index contributed by atoms with van der Waals surface area (Å²) in [6.45, 7) is 5.06. The van der Waals surface area contributed by atoms with E-state index in [2.05, 4.69) is 5.10 Å². The molecule has 1 aromatic heterocycles. The van der Waals surface area contributed by atoms with Crippen molar-refractivity contribution in [1.29, 1.82) is 0 Å². The molecule has 38 heavy (non-hydrogen) atoms. The third-order valence-corrected chi connectivity index (χ3v) is 6.58. The molecule has 0 N–H and O–H groups in total. The fraction of sp³-hybridized carbons (Fsp3) is 0.214. The molecule has 192 valence electrons. The van der Waals surface area contributed by atoms with Gasteiger partial charge in [-0.1, -0.05) is 18.2 Å². The number of benzene rings is 3. The lowest BCUT2D eigenvalue weighted by molar-refractivity contribution is -0.384. The number of nitro groups is 1. The molecule has 1 saturated heterocycles. The minimum Gasteiger partial charge on any atom is -0.378 e. The molecule has 0 radical (unpaired) electrons. The SMILES string of the molecule is CC(=O)c1cc(C(C)=O)cc(-c2nn(-c3cc(N4CCOCC4)ccc3[N+](=O)[O-])c(=O)c3ccccc23)c1. The van der Waals surface area contributed by atoms with E-state index in [9.17, 15) is 24.5 Å². The van der Waals surface area contributed by atoms with Gasteiger partial charge in [0.25, 0.3) is 11.2 Å². The topological polar surface area (TPSA) is 125 Å². The van der Waals surface area contributed by atoms with Crippen LogP contribution in [0.25, 0.3) is 27.7 Å². The van der Waals surface area contributed by atoms with Crippen LogP contribution in [0, 0.1) is 10.1 Å². The number of ketones is 2. The third-order valence-electron chi connectivity index (χ3n) is 6.58. The molecule has 1 fully saturated rings. The molecular weight excluding hydrogens is 488 g/mol. The zero-order valence-electron chi connectivity index (χ0n) is 20.8. The van der Waals surface area contributed by atoms with Gasteiger partial charge in [-0.2, -0.15) is 9.78 Å². The molecule has 10 heteroatoms. The van der Waals surface area contributed by atoms with Crippen LogP contribution in [-0.4, -0.2) is 52.6 Å². The van der Waals surface area contributed by atoms with E-state index < -0.39 is 10.5 Å². The summed E-state index contributed by atoms with van der Waals surface area (Å²) < 4.78 is 6.45. The highest BCUT2D eigenvalue weighted by Gasteiger charge is 2.23. The van der Waals surface area contributed by atoms with Gasteiger partial charge >= 0.3 is 0 Å². The van der Waals surface area contributed by atoms with Crippen molar-refractivity contribution in [2.24, 2.45) is 0 Å². The Morgan fingerprint density at radius 2 is 1.55 bits per heavy atom. The number of rotatable bonds is 6. The average molecular weight is 513 g/mol. The molecule has 0 saturated carbocycles. The summed E-state index contributed by atoms with van der Waals surface area (Å²) >= 11 is 0. The van der Waals surface area contributed by atoms with Gasteiger partial charge < -0.3 is 9.64 Å². The van der Waals surface area contributed by atoms with Crippen LogP contribution < -0.4 is 10.5 Å². The van der Waals surface area contributed by atoms with Crippen molar-refractivity contribution in [3.8, 4) is 16.9 Å². The first-order valence-electron chi connectivity index (χ1n) is 12.1. The molecule has 0 bridgehead atoms. The van der Waals surface area contributed by atoms with Crippen LogP contribution in [0.15, 0.2) is 65.5 Å². The van der Waals surface area contributed by atoms with Gasteiger partial charge in [-0.15, -0.1) is 0 Å². The van der Waals surface area contributed by atoms with Crippen LogP contribution in [0.4, 0.5) is 11.4 Å². The van der Waals surface area contributed by atoms with Crippen LogP contribution >= 0.6 is 0 Å². The molecule has 1 aliphatic rings. The molecule has 0 unspecified atom stereocenters. The highest BCUT2D eigenvalue weighted by Crippen LogP contribution is 2.31. The van der Waals surface area contributed by atoms with Crippen molar-refractivity contribution in [2.75, 3.05) is 31.2 Å². The van der Waals surface area contributed by atoms with Crippen LogP contribution in [0.2, 0.25) is 0 Å². The molecule has 5 rings (SSSR count). The minimum absolute atomic E-state index is 0.0190. The Bertz CT molecular complexity index is 1640. The van der Waals surface area contributed by atoms with E-state index in [0.717, 1.165) is 4.68 Å². The first kappa shape index (κ1) is 25.0. The zero-order chi connectivity index (χ0) is 27.0. The second kappa shape index (κ2) is 9.98. The van der Waals surface area contributed by atoms with E-state index in [1.807, 2.05) is 4.90 Å². The first-order valence-corrected chi connectivity index (χ1v) is 12.1. The minimum atomic E-state index is -0.550. The largest absolute Gasteiger partial charge is 0.378 e. The number of ether oxygens (including phenoxy) is 1. The van der Waals surface area contributed by atoms with Crippen LogP contribution in [0.3, 0.4) is 0 Å². The molecule has 2 heterocycles. The quantitative estimate of drug-likeness (QED) is 0.214. The third kappa shape index (κ3) is 4.57. The number of Topliss-reactive ketones (excluding diaryl/α,β-unsaturated/α-hetero) is 2. The maximum Gasteiger partial charge on any atom is 0.295 e. The van der Waals surface area contributed by atoms with E-state index in [1.54, 1.807) is 48.5 Å². The van der Waals surface area contributed by atoms with E-state index in [1.165, 1.54) is 26.0 Å². The second-order valence-electron chi connectivity index (χ2n) is 9.05. The predicted molar refractivity (Wildman–Crippen MR) is 142 cm³/mol. The molecular formula is C28H24N4O6. The number of aromatic nitrogens is 2. The average Bonchev–Trinajstić information content (AvgIpc) is 2.93. The normalized spacial score (nSPS) is 13.5. The molecule has 0 aliphatic carbocycles. The van der Waals surface area contributed by atoms with Crippen molar-refractivity contribution in [2.45, 2.75) is 13.8 Å². The number of anilines is 1. The van der Waals surface area contributed by atoms with Crippen molar-refractivity contribution >= 4 is 33.7 Å². The Labute approximate surface area is 217 Å². The lowest BCUT2D eigenvalue weighted by atomic mass is 9.97. The summed E-state index contributed by atoms with van der Waals surface area (Å²) in [6, 6.07) is 16.1. The van der Waals surface area contributed by atoms with Crippen molar-refractivity contribution in [3.05, 3.63) is 92.3 Å².